The second kappa shape index (κ2) is 5.82. The van der Waals surface area contributed by atoms with Crippen LogP contribution in [0.15, 0.2) is 44.5 Å². The first-order valence-corrected chi connectivity index (χ1v) is 8.46. The van der Waals surface area contributed by atoms with Gasteiger partial charge in [0.15, 0.2) is 4.80 Å². The Hall–Kier alpha value is -3.00. The van der Waals surface area contributed by atoms with Crippen molar-refractivity contribution >= 4 is 23.1 Å². The Balaban J connectivity index is 1.79. The molecule has 1 aliphatic rings. The molecule has 0 saturated heterocycles. The van der Waals surface area contributed by atoms with Gasteiger partial charge in [0, 0.05) is 18.7 Å². The van der Waals surface area contributed by atoms with Gasteiger partial charge >= 0.3 is 0 Å². The summed E-state index contributed by atoms with van der Waals surface area (Å²) in [6, 6.07) is 8.35. The Bertz CT molecular complexity index is 1170. The van der Waals surface area contributed by atoms with E-state index in [1.165, 1.54) is 17.4 Å². The molecule has 0 radical (unpaired) electrons. The summed E-state index contributed by atoms with van der Waals surface area (Å²) in [6.07, 6.45) is 1.65. The van der Waals surface area contributed by atoms with Gasteiger partial charge in [0.25, 0.3) is 11.2 Å². The molecule has 0 N–H and O–H groups in total. The lowest BCUT2D eigenvalue weighted by Crippen LogP contribution is -2.29. The number of thiazole rings is 1. The average Bonchev–Trinajstić information content (AvgIpc) is 3.28. The molecule has 0 unspecified atom stereocenters. The van der Waals surface area contributed by atoms with E-state index in [4.69, 9.17) is 4.42 Å². The zero-order valence-electron chi connectivity index (χ0n) is 13.3. The molecular weight excluding hydrogens is 342 g/mol. The molecular formula is C17H13N3O4S. The van der Waals surface area contributed by atoms with Crippen LogP contribution in [0.2, 0.25) is 0 Å². The number of aryl methyl sites for hydroxylation is 1. The highest BCUT2D eigenvalue weighted by Crippen LogP contribution is 2.32. The first kappa shape index (κ1) is 15.5. The SMILES string of the molecule is Cc1ccc(-c2ccc(C=c3sc4n(c3=O)CCN=4)o2)c([N+](=O)[O-])c1. The molecule has 8 heteroatoms. The lowest BCUT2D eigenvalue weighted by atomic mass is 10.1. The van der Waals surface area contributed by atoms with Crippen LogP contribution in [-0.2, 0) is 6.54 Å². The number of nitro groups is 1. The van der Waals surface area contributed by atoms with Crippen molar-refractivity contribution in [1.29, 1.82) is 0 Å². The number of aromatic nitrogens is 1. The molecule has 0 fully saturated rings. The molecule has 4 rings (SSSR count). The van der Waals surface area contributed by atoms with Crippen molar-refractivity contribution < 1.29 is 9.34 Å². The van der Waals surface area contributed by atoms with Crippen LogP contribution in [0.3, 0.4) is 0 Å². The maximum absolute atomic E-state index is 12.3. The summed E-state index contributed by atoms with van der Waals surface area (Å²) in [7, 11) is 0. The van der Waals surface area contributed by atoms with Crippen molar-refractivity contribution in [2.75, 3.05) is 6.54 Å². The minimum Gasteiger partial charge on any atom is -0.456 e. The molecule has 1 aromatic carbocycles. The summed E-state index contributed by atoms with van der Waals surface area (Å²) in [5.41, 5.74) is 1.13. The first-order chi connectivity index (χ1) is 12.0. The van der Waals surface area contributed by atoms with Gasteiger partial charge in [-0.25, -0.2) is 0 Å². The average molecular weight is 355 g/mol. The summed E-state index contributed by atoms with van der Waals surface area (Å²) < 4.78 is 7.91. The topological polar surface area (TPSA) is 90.6 Å². The summed E-state index contributed by atoms with van der Waals surface area (Å²) in [5, 5.41) is 11.3. The lowest BCUT2D eigenvalue weighted by molar-refractivity contribution is -0.384. The van der Waals surface area contributed by atoms with Crippen LogP contribution >= 0.6 is 11.3 Å². The van der Waals surface area contributed by atoms with Gasteiger partial charge in [0.2, 0.25) is 0 Å². The minimum absolute atomic E-state index is 0.00475. The van der Waals surface area contributed by atoms with Crippen molar-refractivity contribution in [3.8, 4) is 11.3 Å². The van der Waals surface area contributed by atoms with Gasteiger partial charge in [-0.2, -0.15) is 0 Å². The maximum Gasteiger partial charge on any atom is 0.280 e. The molecule has 0 saturated carbocycles. The zero-order valence-corrected chi connectivity index (χ0v) is 14.1. The molecule has 0 spiro atoms. The second-order valence-electron chi connectivity index (χ2n) is 5.71. The van der Waals surface area contributed by atoms with Gasteiger partial charge in [-0.3, -0.25) is 24.5 Å². The van der Waals surface area contributed by atoms with Gasteiger partial charge in [-0.1, -0.05) is 17.4 Å². The maximum atomic E-state index is 12.3. The fourth-order valence-corrected chi connectivity index (χ4v) is 3.78. The summed E-state index contributed by atoms with van der Waals surface area (Å²) in [4.78, 5) is 28.1. The predicted octanol–water partition coefficient (Wildman–Crippen LogP) is 1.85. The normalized spacial score (nSPS) is 13.7. The van der Waals surface area contributed by atoms with Crippen LogP contribution in [0.5, 0.6) is 0 Å². The Labute approximate surface area is 145 Å². The molecule has 0 aliphatic carbocycles. The Morgan fingerprint density at radius 1 is 1.36 bits per heavy atom. The van der Waals surface area contributed by atoms with E-state index in [1.54, 1.807) is 41.8 Å². The molecule has 25 heavy (non-hydrogen) atoms. The number of fused-ring (bicyclic) bond motifs is 1. The van der Waals surface area contributed by atoms with Gasteiger partial charge in [0.1, 0.15) is 11.5 Å². The van der Waals surface area contributed by atoms with Crippen molar-refractivity contribution in [3.63, 3.8) is 0 Å². The number of hydrogen-bond donors (Lipinski definition) is 0. The van der Waals surface area contributed by atoms with Gasteiger partial charge in [0.05, 0.1) is 21.6 Å². The fraction of sp³-hybridized carbons (Fsp3) is 0.176. The van der Waals surface area contributed by atoms with Crippen molar-refractivity contribution in [1.82, 2.24) is 4.57 Å². The number of nitro benzene ring substituents is 1. The van der Waals surface area contributed by atoms with Crippen molar-refractivity contribution in [3.05, 3.63) is 71.5 Å². The van der Waals surface area contributed by atoms with E-state index in [0.29, 0.717) is 34.7 Å². The highest BCUT2D eigenvalue weighted by molar-refractivity contribution is 7.07. The first-order valence-electron chi connectivity index (χ1n) is 7.64. The second-order valence-corrected chi connectivity index (χ2v) is 6.72. The van der Waals surface area contributed by atoms with Gasteiger partial charge in [-0.05, 0) is 30.7 Å². The molecule has 3 heterocycles. The van der Waals surface area contributed by atoms with Crippen LogP contribution in [0.4, 0.5) is 5.69 Å². The van der Waals surface area contributed by atoms with Crippen molar-refractivity contribution in [2.24, 2.45) is 4.99 Å². The quantitative estimate of drug-likeness (QED) is 0.530. The molecule has 0 bridgehead atoms. The van der Waals surface area contributed by atoms with Crippen molar-refractivity contribution in [2.45, 2.75) is 13.5 Å². The molecule has 7 nitrogen and oxygen atoms in total. The standard InChI is InChI=1S/C17H13N3O4S/c1-10-2-4-12(13(8-10)20(22)23)14-5-3-11(24-14)9-15-16(21)19-7-6-18-17(19)25-15/h2-5,8-9H,6-7H2,1H3. The van der Waals surface area contributed by atoms with E-state index in [2.05, 4.69) is 4.99 Å². The Kier molecular flexibility index (Phi) is 3.61. The van der Waals surface area contributed by atoms with Gasteiger partial charge in [-0.15, -0.1) is 0 Å². The van der Waals surface area contributed by atoms with E-state index in [0.717, 1.165) is 10.4 Å². The van der Waals surface area contributed by atoms with Gasteiger partial charge < -0.3 is 4.42 Å². The molecule has 0 amide bonds. The zero-order chi connectivity index (χ0) is 17.6. The molecule has 1 aliphatic heterocycles. The van der Waals surface area contributed by atoms with Crippen LogP contribution in [0.1, 0.15) is 11.3 Å². The monoisotopic (exact) mass is 355 g/mol. The van der Waals surface area contributed by atoms with E-state index in [1.807, 2.05) is 0 Å². The fourth-order valence-electron chi connectivity index (χ4n) is 2.77. The highest BCUT2D eigenvalue weighted by Gasteiger charge is 2.18. The third-order valence-electron chi connectivity index (χ3n) is 3.97. The third-order valence-corrected chi connectivity index (χ3v) is 5.02. The van der Waals surface area contributed by atoms with E-state index in [-0.39, 0.29) is 11.2 Å². The third kappa shape index (κ3) is 2.70. The molecule has 0 atom stereocenters. The number of nitrogens with zero attached hydrogens (tertiary/aromatic N) is 3. The Morgan fingerprint density at radius 3 is 2.96 bits per heavy atom. The molecule has 2 aromatic heterocycles. The number of rotatable bonds is 3. The number of benzene rings is 1. The van der Waals surface area contributed by atoms with E-state index < -0.39 is 4.92 Å². The molecule has 3 aromatic rings. The lowest BCUT2D eigenvalue weighted by Gasteiger charge is -2.00. The predicted molar refractivity (Wildman–Crippen MR) is 93.3 cm³/mol. The number of hydrogen-bond acceptors (Lipinski definition) is 6. The smallest absolute Gasteiger partial charge is 0.280 e. The highest BCUT2D eigenvalue weighted by atomic mass is 32.1. The Morgan fingerprint density at radius 2 is 2.20 bits per heavy atom. The van der Waals surface area contributed by atoms with E-state index in [9.17, 15) is 14.9 Å². The van der Waals surface area contributed by atoms with Crippen LogP contribution in [-0.4, -0.2) is 16.0 Å². The van der Waals surface area contributed by atoms with Crippen LogP contribution in [0.25, 0.3) is 17.4 Å². The largest absolute Gasteiger partial charge is 0.456 e. The summed E-state index contributed by atoms with van der Waals surface area (Å²) >= 11 is 1.32. The van der Waals surface area contributed by atoms with E-state index >= 15 is 0 Å². The summed E-state index contributed by atoms with van der Waals surface area (Å²) in [5.74, 6) is 0.870. The van der Waals surface area contributed by atoms with Crippen LogP contribution < -0.4 is 14.9 Å². The summed E-state index contributed by atoms with van der Waals surface area (Å²) in [6.45, 7) is 3.05. The minimum atomic E-state index is -0.425. The molecule has 126 valence electrons. The number of furan rings is 1. The van der Waals surface area contributed by atoms with Crippen LogP contribution in [0, 0.1) is 17.0 Å².